The molecule has 1 fully saturated rings. The largest absolute Gasteiger partial charge is 0.212 e. The van der Waals surface area contributed by atoms with Crippen LogP contribution in [0.4, 0.5) is 0 Å². The number of rotatable bonds is 5. The normalized spacial score (nSPS) is 17.8. The summed E-state index contributed by atoms with van der Waals surface area (Å²) in [5, 5.41) is 0. The summed E-state index contributed by atoms with van der Waals surface area (Å²) in [5.41, 5.74) is 0. The standard InChI is InChI=1S/C7H12BrNO2S/c1-6(8)4-9-12(10,11)5-7-2-3-7/h7,9H,1-5H2. The summed E-state index contributed by atoms with van der Waals surface area (Å²) in [6.07, 6.45) is 2.10. The number of sulfonamides is 1. The van der Waals surface area contributed by atoms with Crippen molar-refractivity contribution in [3.63, 3.8) is 0 Å². The van der Waals surface area contributed by atoms with Gasteiger partial charge in [-0.1, -0.05) is 22.5 Å². The molecule has 1 aliphatic rings. The minimum Gasteiger partial charge on any atom is -0.212 e. The van der Waals surface area contributed by atoms with E-state index in [-0.39, 0.29) is 12.3 Å². The Morgan fingerprint density at radius 2 is 2.17 bits per heavy atom. The molecular weight excluding hydrogens is 242 g/mol. The highest BCUT2D eigenvalue weighted by atomic mass is 79.9. The first kappa shape index (κ1) is 10.2. The van der Waals surface area contributed by atoms with Crippen LogP contribution in [0.25, 0.3) is 0 Å². The Hall–Kier alpha value is 0.130. The van der Waals surface area contributed by atoms with Crippen LogP contribution in [-0.4, -0.2) is 20.7 Å². The maximum Gasteiger partial charge on any atom is 0.212 e. The van der Waals surface area contributed by atoms with Crippen LogP contribution in [0.2, 0.25) is 0 Å². The molecule has 0 atom stereocenters. The molecule has 5 heteroatoms. The quantitative estimate of drug-likeness (QED) is 0.801. The van der Waals surface area contributed by atoms with Crippen molar-refractivity contribution < 1.29 is 8.42 Å². The first-order valence-electron chi connectivity index (χ1n) is 3.80. The van der Waals surface area contributed by atoms with E-state index < -0.39 is 10.0 Å². The van der Waals surface area contributed by atoms with Gasteiger partial charge in [0.2, 0.25) is 10.0 Å². The van der Waals surface area contributed by atoms with Crippen LogP contribution in [0, 0.1) is 5.92 Å². The number of nitrogens with one attached hydrogen (secondary N) is 1. The fourth-order valence-corrected chi connectivity index (χ4v) is 2.63. The molecule has 70 valence electrons. The van der Waals surface area contributed by atoms with Crippen LogP contribution in [0.5, 0.6) is 0 Å². The van der Waals surface area contributed by atoms with Gasteiger partial charge in [-0.15, -0.1) is 0 Å². The first-order chi connectivity index (χ1) is 5.49. The Kier molecular flexibility index (Phi) is 3.31. The monoisotopic (exact) mass is 253 g/mol. The molecular formula is C7H12BrNO2S. The molecule has 0 amide bonds. The topological polar surface area (TPSA) is 46.2 Å². The molecule has 0 aromatic heterocycles. The van der Waals surface area contributed by atoms with Gasteiger partial charge in [0, 0.05) is 11.0 Å². The third-order valence-corrected chi connectivity index (χ3v) is 3.41. The van der Waals surface area contributed by atoms with Gasteiger partial charge in [-0.2, -0.15) is 0 Å². The highest BCUT2D eigenvalue weighted by molar-refractivity contribution is 9.11. The average molecular weight is 254 g/mol. The third kappa shape index (κ3) is 4.23. The van der Waals surface area contributed by atoms with Gasteiger partial charge in [0.15, 0.2) is 0 Å². The van der Waals surface area contributed by atoms with E-state index in [1.54, 1.807) is 0 Å². The lowest BCUT2D eigenvalue weighted by molar-refractivity contribution is 0.581. The van der Waals surface area contributed by atoms with E-state index in [0.29, 0.717) is 10.4 Å². The molecule has 0 saturated heterocycles. The Morgan fingerprint density at radius 3 is 2.58 bits per heavy atom. The maximum atomic E-state index is 11.2. The zero-order valence-corrected chi connectivity index (χ0v) is 9.12. The molecule has 0 bridgehead atoms. The van der Waals surface area contributed by atoms with Crippen LogP contribution in [0.15, 0.2) is 11.1 Å². The van der Waals surface area contributed by atoms with E-state index >= 15 is 0 Å². The van der Waals surface area contributed by atoms with Crippen LogP contribution in [-0.2, 0) is 10.0 Å². The van der Waals surface area contributed by atoms with Crippen molar-refractivity contribution >= 4 is 26.0 Å². The zero-order valence-electron chi connectivity index (χ0n) is 6.72. The summed E-state index contributed by atoms with van der Waals surface area (Å²) < 4.78 is 25.5. The van der Waals surface area contributed by atoms with Crippen molar-refractivity contribution in [2.75, 3.05) is 12.3 Å². The van der Waals surface area contributed by atoms with Crippen LogP contribution >= 0.6 is 15.9 Å². The fraction of sp³-hybridized carbons (Fsp3) is 0.714. The summed E-state index contributed by atoms with van der Waals surface area (Å²) in [6.45, 7) is 3.83. The minimum absolute atomic E-state index is 0.271. The second kappa shape index (κ2) is 3.89. The van der Waals surface area contributed by atoms with Crippen molar-refractivity contribution in [1.29, 1.82) is 0 Å². The lowest BCUT2D eigenvalue weighted by Crippen LogP contribution is -2.28. The molecule has 0 spiro atoms. The second-order valence-electron chi connectivity index (χ2n) is 3.06. The predicted molar refractivity (Wildman–Crippen MR) is 52.6 cm³/mol. The molecule has 0 aliphatic heterocycles. The van der Waals surface area contributed by atoms with Gasteiger partial charge >= 0.3 is 0 Å². The highest BCUT2D eigenvalue weighted by Gasteiger charge is 2.27. The molecule has 1 aliphatic carbocycles. The lowest BCUT2D eigenvalue weighted by atomic mass is 10.5. The van der Waals surface area contributed by atoms with Crippen LogP contribution in [0.3, 0.4) is 0 Å². The van der Waals surface area contributed by atoms with E-state index in [9.17, 15) is 8.42 Å². The molecule has 0 aromatic carbocycles. The Morgan fingerprint density at radius 1 is 1.58 bits per heavy atom. The minimum atomic E-state index is -3.05. The van der Waals surface area contributed by atoms with Crippen molar-refractivity contribution in [3.8, 4) is 0 Å². The van der Waals surface area contributed by atoms with Crippen LogP contribution < -0.4 is 4.72 Å². The van der Waals surface area contributed by atoms with Crippen molar-refractivity contribution in [1.82, 2.24) is 4.72 Å². The van der Waals surface area contributed by atoms with Gasteiger partial charge in [-0.05, 0) is 18.8 Å². The summed E-state index contributed by atoms with van der Waals surface area (Å²) in [5.74, 6) is 0.666. The summed E-state index contributed by atoms with van der Waals surface area (Å²) in [4.78, 5) is 0. The molecule has 3 nitrogen and oxygen atoms in total. The smallest absolute Gasteiger partial charge is 0.212 e. The van der Waals surface area contributed by atoms with E-state index in [1.807, 2.05) is 0 Å². The van der Waals surface area contributed by atoms with E-state index in [1.165, 1.54) is 0 Å². The summed E-state index contributed by atoms with van der Waals surface area (Å²) in [7, 11) is -3.05. The third-order valence-electron chi connectivity index (χ3n) is 1.64. The van der Waals surface area contributed by atoms with E-state index in [2.05, 4.69) is 27.2 Å². The van der Waals surface area contributed by atoms with Gasteiger partial charge in [-0.25, -0.2) is 13.1 Å². The predicted octanol–water partition coefficient (Wildman–Crippen LogP) is 1.22. The Labute approximate surface area is 81.4 Å². The van der Waals surface area contributed by atoms with Gasteiger partial charge in [-0.3, -0.25) is 0 Å². The van der Waals surface area contributed by atoms with Gasteiger partial charge < -0.3 is 0 Å². The fourth-order valence-electron chi connectivity index (χ4n) is 0.842. The van der Waals surface area contributed by atoms with Crippen LogP contribution in [0.1, 0.15) is 12.8 Å². The van der Waals surface area contributed by atoms with Gasteiger partial charge in [0.25, 0.3) is 0 Å². The Balaban J connectivity index is 2.31. The van der Waals surface area contributed by atoms with Gasteiger partial charge in [0.1, 0.15) is 0 Å². The molecule has 0 aromatic rings. The molecule has 12 heavy (non-hydrogen) atoms. The molecule has 0 heterocycles. The average Bonchev–Trinajstić information content (AvgIpc) is 2.67. The van der Waals surface area contributed by atoms with E-state index in [4.69, 9.17) is 0 Å². The number of hydrogen-bond acceptors (Lipinski definition) is 2. The SMILES string of the molecule is C=C(Br)CNS(=O)(=O)CC1CC1. The molecule has 1 N–H and O–H groups in total. The number of hydrogen-bond donors (Lipinski definition) is 1. The van der Waals surface area contributed by atoms with Crippen molar-refractivity contribution in [2.24, 2.45) is 5.92 Å². The van der Waals surface area contributed by atoms with Gasteiger partial charge in [0.05, 0.1) is 5.75 Å². The summed E-state index contributed by atoms with van der Waals surface area (Å²) >= 11 is 3.09. The number of halogens is 1. The zero-order chi connectivity index (χ0) is 9.19. The second-order valence-corrected chi connectivity index (χ2v) is 6.04. The first-order valence-corrected chi connectivity index (χ1v) is 6.25. The highest BCUT2D eigenvalue weighted by Crippen LogP contribution is 2.29. The molecule has 1 saturated carbocycles. The Bertz CT molecular complexity index is 269. The lowest BCUT2D eigenvalue weighted by Gasteiger charge is -2.03. The maximum absolute atomic E-state index is 11.2. The van der Waals surface area contributed by atoms with Crippen molar-refractivity contribution in [3.05, 3.63) is 11.1 Å². The molecule has 1 rings (SSSR count). The summed E-state index contributed by atoms with van der Waals surface area (Å²) in [6, 6.07) is 0. The van der Waals surface area contributed by atoms with Crippen molar-refractivity contribution in [2.45, 2.75) is 12.8 Å². The molecule has 0 radical (unpaired) electrons. The molecule has 0 unspecified atom stereocenters. The van der Waals surface area contributed by atoms with E-state index in [0.717, 1.165) is 12.8 Å².